The Morgan fingerprint density at radius 2 is 1.62 bits per heavy atom. The number of rotatable bonds is 8. The number of hydrogen-bond donors (Lipinski definition) is 2. The lowest BCUT2D eigenvalue weighted by Crippen LogP contribution is -2.42. The van der Waals surface area contributed by atoms with Crippen molar-refractivity contribution in [2.75, 3.05) is 7.11 Å². The molecule has 0 saturated heterocycles. The van der Waals surface area contributed by atoms with Gasteiger partial charge in [0.15, 0.2) is 5.17 Å². The summed E-state index contributed by atoms with van der Waals surface area (Å²) in [5.74, 6) is 0.305. The molecule has 3 aromatic carbocycles. The lowest BCUT2D eigenvalue weighted by Gasteiger charge is -2.35. The van der Waals surface area contributed by atoms with E-state index in [4.69, 9.17) is 9.47 Å². The average molecular weight is 519 g/mol. The SMILES string of the molecule is COc1ccc(CSC2=NC(C)=C(C(=O)O)C(c3ccccc3OCc3ccccc3)N2C(=O)O)cc1. The van der Waals surface area contributed by atoms with Crippen LogP contribution in [-0.4, -0.2) is 39.5 Å². The predicted octanol–water partition coefficient (Wildman–Crippen LogP) is 5.96. The molecule has 8 nitrogen and oxygen atoms in total. The van der Waals surface area contributed by atoms with Crippen LogP contribution >= 0.6 is 11.8 Å². The van der Waals surface area contributed by atoms with Crippen molar-refractivity contribution in [3.63, 3.8) is 0 Å². The first-order valence-electron chi connectivity index (χ1n) is 11.4. The number of amides is 1. The number of aliphatic imine (C=N–C) groups is 1. The standard InChI is InChI=1S/C28H26N2O6S/c1-18-24(26(31)32)25(22-10-6-7-11-23(22)36-16-19-8-4-3-5-9-19)30(28(33)34)27(29-18)37-17-20-12-14-21(35-2)15-13-20/h3-15,25H,16-17H2,1-2H3,(H,31,32)(H,33,34). The summed E-state index contributed by atoms with van der Waals surface area (Å²) in [4.78, 5) is 30.3. The van der Waals surface area contributed by atoms with E-state index in [9.17, 15) is 19.8 Å². The van der Waals surface area contributed by atoms with Crippen molar-refractivity contribution in [3.05, 3.63) is 107 Å². The minimum absolute atomic E-state index is 0.119. The van der Waals surface area contributed by atoms with Gasteiger partial charge in [-0.1, -0.05) is 72.4 Å². The Hall–Kier alpha value is -4.24. The van der Waals surface area contributed by atoms with Crippen molar-refractivity contribution >= 4 is 29.0 Å². The first-order valence-corrected chi connectivity index (χ1v) is 12.4. The summed E-state index contributed by atoms with van der Waals surface area (Å²) in [5, 5.41) is 20.5. The minimum atomic E-state index is -1.31. The van der Waals surface area contributed by atoms with Crippen molar-refractivity contribution in [1.82, 2.24) is 4.90 Å². The number of benzene rings is 3. The Labute approximate surface area is 218 Å². The van der Waals surface area contributed by atoms with Crippen molar-refractivity contribution < 1.29 is 29.3 Å². The number of allylic oxidation sites excluding steroid dienone is 1. The monoisotopic (exact) mass is 518 g/mol. The second-order valence-corrected chi connectivity index (χ2v) is 9.15. The zero-order valence-corrected chi connectivity index (χ0v) is 21.1. The first-order chi connectivity index (χ1) is 17.9. The molecule has 0 aromatic heterocycles. The average Bonchev–Trinajstić information content (AvgIpc) is 2.91. The summed E-state index contributed by atoms with van der Waals surface area (Å²) in [6, 6.07) is 22.7. The van der Waals surface area contributed by atoms with E-state index in [0.29, 0.717) is 22.8 Å². The molecule has 9 heteroatoms. The molecular formula is C28H26N2O6S. The largest absolute Gasteiger partial charge is 0.497 e. The highest BCUT2D eigenvalue weighted by Gasteiger charge is 2.41. The van der Waals surface area contributed by atoms with Crippen LogP contribution in [0, 0.1) is 0 Å². The molecule has 2 N–H and O–H groups in total. The van der Waals surface area contributed by atoms with Gasteiger partial charge < -0.3 is 19.7 Å². The highest BCUT2D eigenvalue weighted by molar-refractivity contribution is 8.13. The van der Waals surface area contributed by atoms with Gasteiger partial charge in [0.1, 0.15) is 24.1 Å². The summed E-state index contributed by atoms with van der Waals surface area (Å²) in [7, 11) is 1.59. The van der Waals surface area contributed by atoms with E-state index in [-0.39, 0.29) is 23.0 Å². The van der Waals surface area contributed by atoms with Crippen molar-refractivity contribution in [2.45, 2.75) is 25.3 Å². The fraction of sp³-hybridized carbons (Fsp3) is 0.179. The Bertz CT molecular complexity index is 1340. The normalized spacial score (nSPS) is 15.2. The smallest absolute Gasteiger partial charge is 0.414 e. The van der Waals surface area contributed by atoms with Crippen LogP contribution in [0.3, 0.4) is 0 Å². The highest BCUT2D eigenvalue weighted by atomic mass is 32.2. The van der Waals surface area contributed by atoms with Gasteiger partial charge in [-0.25, -0.2) is 19.5 Å². The minimum Gasteiger partial charge on any atom is -0.497 e. The maximum absolute atomic E-state index is 12.6. The number of nitrogens with zero attached hydrogens (tertiary/aromatic N) is 2. The number of methoxy groups -OCH3 is 1. The molecular weight excluding hydrogens is 492 g/mol. The number of para-hydroxylation sites is 1. The third-order valence-corrected chi connectivity index (χ3v) is 6.83. The van der Waals surface area contributed by atoms with Crippen LogP contribution in [-0.2, 0) is 17.2 Å². The molecule has 0 aliphatic carbocycles. The van der Waals surface area contributed by atoms with Crippen LogP contribution in [0.25, 0.3) is 0 Å². The number of ether oxygens (including phenoxy) is 2. The maximum Gasteiger partial charge on any atom is 0.414 e. The Morgan fingerprint density at radius 3 is 2.27 bits per heavy atom. The molecule has 4 rings (SSSR count). The lowest BCUT2D eigenvalue weighted by molar-refractivity contribution is -0.133. The zero-order valence-electron chi connectivity index (χ0n) is 20.3. The number of carbonyl (C=O) groups is 2. The number of aliphatic carboxylic acids is 1. The van der Waals surface area contributed by atoms with Crippen LogP contribution in [0.2, 0.25) is 0 Å². The summed E-state index contributed by atoms with van der Waals surface area (Å²) in [6.07, 6.45) is -1.31. The Kier molecular flexibility index (Phi) is 8.15. The van der Waals surface area contributed by atoms with Crippen LogP contribution in [0.5, 0.6) is 11.5 Å². The van der Waals surface area contributed by atoms with E-state index < -0.39 is 18.1 Å². The van der Waals surface area contributed by atoms with Gasteiger partial charge in [0.25, 0.3) is 0 Å². The van der Waals surface area contributed by atoms with E-state index in [1.807, 2.05) is 54.6 Å². The molecule has 1 heterocycles. The van der Waals surface area contributed by atoms with Gasteiger partial charge in [-0.3, -0.25) is 0 Å². The predicted molar refractivity (Wildman–Crippen MR) is 142 cm³/mol. The number of carboxylic acid groups (broad SMARTS) is 2. The Morgan fingerprint density at radius 1 is 0.946 bits per heavy atom. The summed E-state index contributed by atoms with van der Waals surface area (Å²) in [5.41, 5.74) is 2.42. The van der Waals surface area contributed by atoms with Crippen molar-refractivity contribution in [2.24, 2.45) is 4.99 Å². The van der Waals surface area contributed by atoms with Gasteiger partial charge in [-0.05, 0) is 36.2 Å². The van der Waals surface area contributed by atoms with Crippen molar-refractivity contribution in [3.8, 4) is 11.5 Å². The first kappa shape index (κ1) is 25.8. The summed E-state index contributed by atoms with van der Waals surface area (Å²) < 4.78 is 11.3. The van der Waals surface area contributed by atoms with Gasteiger partial charge in [0.05, 0.1) is 18.4 Å². The molecule has 1 aliphatic rings. The van der Waals surface area contributed by atoms with E-state index in [2.05, 4.69) is 4.99 Å². The molecule has 1 unspecified atom stereocenters. The molecule has 0 radical (unpaired) electrons. The number of hydrogen-bond acceptors (Lipinski definition) is 6. The fourth-order valence-corrected chi connectivity index (χ4v) is 5.01. The quantitative estimate of drug-likeness (QED) is 0.379. The Balaban J connectivity index is 1.69. The molecule has 3 aromatic rings. The van der Waals surface area contributed by atoms with Gasteiger partial charge >= 0.3 is 12.1 Å². The molecule has 0 spiro atoms. The summed E-state index contributed by atoms with van der Waals surface area (Å²) >= 11 is 1.22. The van der Waals surface area contributed by atoms with E-state index in [1.165, 1.54) is 11.8 Å². The van der Waals surface area contributed by atoms with Gasteiger partial charge in [0, 0.05) is 11.3 Å². The number of carboxylic acids is 1. The van der Waals surface area contributed by atoms with Gasteiger partial charge in [-0.15, -0.1) is 0 Å². The fourth-order valence-electron chi connectivity index (χ4n) is 4.00. The third-order valence-electron chi connectivity index (χ3n) is 5.81. The highest BCUT2D eigenvalue weighted by Crippen LogP contribution is 2.41. The van der Waals surface area contributed by atoms with E-state index in [1.54, 1.807) is 38.3 Å². The molecule has 190 valence electrons. The third kappa shape index (κ3) is 5.95. The van der Waals surface area contributed by atoms with E-state index >= 15 is 0 Å². The van der Waals surface area contributed by atoms with Crippen LogP contribution < -0.4 is 9.47 Å². The second-order valence-electron chi connectivity index (χ2n) is 8.20. The molecule has 1 atom stereocenters. The zero-order chi connectivity index (χ0) is 26.4. The van der Waals surface area contributed by atoms with Crippen LogP contribution in [0.15, 0.2) is 95.1 Å². The topological polar surface area (TPSA) is 109 Å². The maximum atomic E-state index is 12.6. The number of amidine groups is 1. The molecule has 0 bridgehead atoms. The molecule has 37 heavy (non-hydrogen) atoms. The molecule has 1 amide bonds. The summed E-state index contributed by atoms with van der Waals surface area (Å²) in [6.45, 7) is 1.83. The molecule has 0 saturated carbocycles. The number of thioether (sulfide) groups is 1. The van der Waals surface area contributed by atoms with Crippen LogP contribution in [0.4, 0.5) is 4.79 Å². The lowest BCUT2D eigenvalue weighted by atomic mass is 9.94. The van der Waals surface area contributed by atoms with E-state index in [0.717, 1.165) is 16.0 Å². The van der Waals surface area contributed by atoms with Crippen LogP contribution in [0.1, 0.15) is 29.7 Å². The van der Waals surface area contributed by atoms with Crippen molar-refractivity contribution in [1.29, 1.82) is 0 Å². The van der Waals surface area contributed by atoms with Gasteiger partial charge in [0.2, 0.25) is 0 Å². The molecule has 1 aliphatic heterocycles. The molecule has 0 fully saturated rings. The van der Waals surface area contributed by atoms with Gasteiger partial charge in [-0.2, -0.15) is 0 Å². The second kappa shape index (κ2) is 11.7.